The minimum Gasteiger partial charge on any atom is -0.344 e. The van der Waals surface area contributed by atoms with Crippen molar-refractivity contribution in [3.8, 4) is 0 Å². The van der Waals surface area contributed by atoms with Crippen molar-refractivity contribution in [3.63, 3.8) is 0 Å². The maximum absolute atomic E-state index is 5.94. The first-order valence-corrected chi connectivity index (χ1v) is 8.01. The first kappa shape index (κ1) is 13.7. The van der Waals surface area contributed by atoms with E-state index in [9.17, 15) is 0 Å². The van der Waals surface area contributed by atoms with E-state index in [1.54, 1.807) is 11.8 Å². The van der Waals surface area contributed by atoms with E-state index in [0.29, 0.717) is 0 Å². The molecule has 0 N–H and O–H groups in total. The van der Waals surface area contributed by atoms with Gasteiger partial charge in [-0.05, 0) is 36.4 Å². The van der Waals surface area contributed by atoms with Crippen LogP contribution in [0.4, 0.5) is 11.4 Å². The van der Waals surface area contributed by atoms with E-state index in [0.717, 1.165) is 33.3 Å². The zero-order valence-electron chi connectivity index (χ0n) is 10.7. The minimum absolute atomic E-state index is 0.758. The standard InChI is InChI=1S/C15H13ClN2S2/c16-12-6-8-13(9-7-12)17-10-18(15(19)20-11-17)14-4-2-1-3-5-14/h1-9H,10-11H2. The number of benzene rings is 2. The third kappa shape index (κ3) is 2.92. The summed E-state index contributed by atoms with van der Waals surface area (Å²) in [6.07, 6.45) is 0. The summed E-state index contributed by atoms with van der Waals surface area (Å²) in [4.78, 5) is 4.43. The number of thioether (sulfide) groups is 1. The van der Waals surface area contributed by atoms with Gasteiger partial charge >= 0.3 is 0 Å². The topological polar surface area (TPSA) is 6.48 Å². The van der Waals surface area contributed by atoms with Crippen molar-refractivity contribution in [1.29, 1.82) is 0 Å². The van der Waals surface area contributed by atoms with E-state index in [1.165, 1.54) is 0 Å². The smallest absolute Gasteiger partial charge is 0.144 e. The fourth-order valence-electron chi connectivity index (χ4n) is 2.08. The average Bonchev–Trinajstić information content (AvgIpc) is 2.50. The molecule has 1 fully saturated rings. The third-order valence-corrected chi connectivity index (χ3v) is 4.87. The van der Waals surface area contributed by atoms with Crippen molar-refractivity contribution in [2.45, 2.75) is 0 Å². The van der Waals surface area contributed by atoms with Gasteiger partial charge in [0.05, 0.1) is 12.5 Å². The molecule has 0 aliphatic carbocycles. The monoisotopic (exact) mass is 320 g/mol. The molecule has 0 aromatic heterocycles. The highest BCUT2D eigenvalue weighted by atomic mass is 35.5. The van der Waals surface area contributed by atoms with Crippen LogP contribution in [0.25, 0.3) is 0 Å². The first-order valence-electron chi connectivity index (χ1n) is 6.24. The van der Waals surface area contributed by atoms with Gasteiger partial charge in [0, 0.05) is 16.4 Å². The molecule has 0 radical (unpaired) electrons. The molecule has 2 aromatic rings. The normalized spacial score (nSPS) is 15.6. The van der Waals surface area contributed by atoms with Crippen LogP contribution in [0, 0.1) is 0 Å². The average molecular weight is 321 g/mol. The fourth-order valence-corrected chi connectivity index (χ4v) is 3.35. The van der Waals surface area contributed by atoms with Gasteiger partial charge in [0.25, 0.3) is 0 Å². The van der Waals surface area contributed by atoms with E-state index < -0.39 is 0 Å². The summed E-state index contributed by atoms with van der Waals surface area (Å²) < 4.78 is 0.918. The fraction of sp³-hybridized carbons (Fsp3) is 0.133. The third-order valence-electron chi connectivity index (χ3n) is 3.14. The second-order valence-corrected chi connectivity index (χ2v) is 6.48. The van der Waals surface area contributed by atoms with Crippen molar-refractivity contribution in [3.05, 3.63) is 59.6 Å². The highest BCUT2D eigenvalue weighted by molar-refractivity contribution is 8.23. The zero-order valence-corrected chi connectivity index (χ0v) is 13.1. The summed E-state index contributed by atoms with van der Waals surface area (Å²) in [5.41, 5.74) is 2.29. The number of nitrogens with zero attached hydrogens (tertiary/aromatic N) is 2. The largest absolute Gasteiger partial charge is 0.344 e. The Morgan fingerprint density at radius 3 is 2.35 bits per heavy atom. The molecule has 0 unspecified atom stereocenters. The van der Waals surface area contributed by atoms with Crippen molar-refractivity contribution >= 4 is 51.3 Å². The molecule has 2 nitrogen and oxygen atoms in total. The van der Waals surface area contributed by atoms with Gasteiger partial charge in [0.1, 0.15) is 4.32 Å². The number of hydrogen-bond donors (Lipinski definition) is 0. The van der Waals surface area contributed by atoms with Gasteiger partial charge in [-0.1, -0.05) is 53.8 Å². The molecule has 102 valence electrons. The summed E-state index contributed by atoms with van der Waals surface area (Å²) in [5, 5.41) is 0.758. The second-order valence-electron chi connectivity index (χ2n) is 4.46. The molecule has 0 atom stereocenters. The minimum atomic E-state index is 0.758. The Morgan fingerprint density at radius 2 is 1.65 bits per heavy atom. The van der Waals surface area contributed by atoms with Gasteiger partial charge in [-0.25, -0.2) is 0 Å². The van der Waals surface area contributed by atoms with Crippen molar-refractivity contribution < 1.29 is 0 Å². The maximum Gasteiger partial charge on any atom is 0.144 e. The number of para-hydroxylation sites is 1. The lowest BCUT2D eigenvalue weighted by Gasteiger charge is -2.37. The van der Waals surface area contributed by atoms with Gasteiger partial charge in [-0.2, -0.15) is 0 Å². The summed E-state index contributed by atoms with van der Waals surface area (Å²) in [7, 11) is 0. The Balaban J connectivity index is 1.83. The van der Waals surface area contributed by atoms with Crippen LogP contribution in [0.1, 0.15) is 0 Å². The predicted molar refractivity (Wildman–Crippen MR) is 92.8 cm³/mol. The molecule has 0 bridgehead atoms. The van der Waals surface area contributed by atoms with Crippen LogP contribution in [-0.2, 0) is 0 Å². The van der Waals surface area contributed by atoms with Crippen molar-refractivity contribution in [1.82, 2.24) is 0 Å². The predicted octanol–water partition coefficient (Wildman–Crippen LogP) is 4.60. The lowest BCUT2D eigenvalue weighted by atomic mass is 10.3. The molecule has 1 heterocycles. The molecule has 0 saturated carbocycles. The van der Waals surface area contributed by atoms with Crippen LogP contribution in [0.3, 0.4) is 0 Å². The highest BCUT2D eigenvalue weighted by Crippen LogP contribution is 2.29. The summed E-state index contributed by atoms with van der Waals surface area (Å²) in [6, 6.07) is 18.2. The number of thiocarbonyl (C=S) groups is 1. The van der Waals surface area contributed by atoms with E-state index in [-0.39, 0.29) is 0 Å². The van der Waals surface area contributed by atoms with Crippen LogP contribution in [-0.4, -0.2) is 16.9 Å². The number of hydrogen-bond acceptors (Lipinski definition) is 3. The molecule has 0 amide bonds. The van der Waals surface area contributed by atoms with Gasteiger partial charge in [-0.15, -0.1) is 0 Å². The Bertz CT molecular complexity index is 601. The van der Waals surface area contributed by atoms with E-state index >= 15 is 0 Å². The molecule has 2 aromatic carbocycles. The van der Waals surface area contributed by atoms with Crippen LogP contribution >= 0.6 is 35.6 Å². The van der Waals surface area contributed by atoms with Crippen LogP contribution in [0.5, 0.6) is 0 Å². The quantitative estimate of drug-likeness (QED) is 0.746. The Labute approximate surface area is 133 Å². The summed E-state index contributed by atoms with van der Waals surface area (Å²) >= 11 is 13.1. The number of rotatable bonds is 2. The van der Waals surface area contributed by atoms with Crippen molar-refractivity contribution in [2.24, 2.45) is 0 Å². The van der Waals surface area contributed by atoms with Gasteiger partial charge < -0.3 is 9.80 Å². The van der Waals surface area contributed by atoms with Gasteiger partial charge in [0.2, 0.25) is 0 Å². The summed E-state index contributed by atoms with van der Waals surface area (Å²) in [6.45, 7) is 0.761. The van der Waals surface area contributed by atoms with Crippen LogP contribution < -0.4 is 9.80 Å². The Kier molecular flexibility index (Phi) is 4.15. The molecular weight excluding hydrogens is 308 g/mol. The van der Waals surface area contributed by atoms with Gasteiger partial charge in [-0.3, -0.25) is 0 Å². The maximum atomic E-state index is 5.94. The van der Waals surface area contributed by atoms with E-state index in [2.05, 4.69) is 21.9 Å². The lowest BCUT2D eigenvalue weighted by molar-refractivity contribution is 0.889. The molecule has 1 saturated heterocycles. The highest BCUT2D eigenvalue weighted by Gasteiger charge is 2.22. The van der Waals surface area contributed by atoms with E-state index in [1.807, 2.05) is 42.5 Å². The number of anilines is 2. The molecule has 3 rings (SSSR count). The van der Waals surface area contributed by atoms with Crippen LogP contribution in [0.2, 0.25) is 5.02 Å². The Hall–Kier alpha value is -1.23. The molecule has 1 aliphatic heterocycles. The summed E-state index contributed by atoms with van der Waals surface area (Å²) in [5.74, 6) is 0.865. The Morgan fingerprint density at radius 1 is 0.950 bits per heavy atom. The van der Waals surface area contributed by atoms with Gasteiger partial charge in [0.15, 0.2) is 0 Å². The van der Waals surface area contributed by atoms with Crippen molar-refractivity contribution in [2.75, 3.05) is 22.3 Å². The molecule has 5 heteroatoms. The first-order chi connectivity index (χ1) is 9.74. The number of halogens is 1. The van der Waals surface area contributed by atoms with E-state index in [4.69, 9.17) is 23.8 Å². The molecule has 0 spiro atoms. The SMILES string of the molecule is S=C1SCN(c2ccc(Cl)cc2)CN1c1ccccc1. The molecule has 20 heavy (non-hydrogen) atoms. The molecule has 1 aliphatic rings. The second kappa shape index (κ2) is 6.04. The van der Waals surface area contributed by atoms with Crippen LogP contribution in [0.15, 0.2) is 54.6 Å². The molecular formula is C15H13ClN2S2. The zero-order chi connectivity index (χ0) is 13.9. The lowest BCUT2D eigenvalue weighted by Crippen LogP contribution is -2.45.